The first-order chi connectivity index (χ1) is 15.8. The third kappa shape index (κ3) is 12.0. The molecule has 0 unspecified atom stereocenters. The normalized spacial score (nSPS) is 52.2. The van der Waals surface area contributed by atoms with Crippen molar-refractivity contribution < 1.29 is 39.4 Å². The van der Waals surface area contributed by atoms with Crippen LogP contribution in [0, 0.1) is 0 Å². The zero-order chi connectivity index (χ0) is 32.0. The van der Waals surface area contributed by atoms with Gasteiger partial charge in [-0.2, -0.15) is 0 Å². The van der Waals surface area contributed by atoms with E-state index in [1.165, 1.54) is 0 Å². The molecule has 0 atom stereocenters. The summed E-state index contributed by atoms with van der Waals surface area (Å²) in [6.45, 7) is -8.24. The summed E-state index contributed by atoms with van der Waals surface area (Å²) >= 11 is 0. The minimum Gasteiger partial charge on any atom is -0.396 e. The first-order valence-corrected chi connectivity index (χ1v) is 2.97. The molecule has 0 aromatic heterocycles. The molecule has 0 aliphatic carbocycles. The van der Waals surface area contributed by atoms with Crippen molar-refractivity contribution >= 4 is 0 Å². The molecule has 1 heteroatoms. The van der Waals surface area contributed by atoms with Crippen LogP contribution in [-0.2, 0) is 0 Å². The van der Waals surface area contributed by atoms with Gasteiger partial charge in [-0.05, 0) is 6.37 Å². The first kappa shape index (κ1) is 1.36. The highest BCUT2D eigenvalue weighted by molar-refractivity contribution is 4.46. The third-order valence-electron chi connectivity index (χ3n) is 0.618. The van der Waals surface area contributed by atoms with Crippen molar-refractivity contribution in [1.29, 1.82) is 0 Å². The van der Waals surface area contributed by atoms with Gasteiger partial charge >= 0.3 is 0 Å². The Morgan fingerprint density at radius 3 is 1.77 bits per heavy atom. The first-order valence-electron chi connectivity index (χ1n) is 15.5. The highest BCUT2D eigenvalue weighted by atomic mass is 16.2. The molecule has 0 bridgehead atoms. The molecule has 0 saturated heterocycles. The van der Waals surface area contributed by atoms with Crippen LogP contribution in [0.2, 0.25) is 0 Å². The maximum Gasteiger partial charge on any atom is 0.0564 e. The summed E-state index contributed by atoms with van der Waals surface area (Å²) < 4.78 is 191. The van der Waals surface area contributed by atoms with Gasteiger partial charge in [0.25, 0.3) is 0 Å². The summed E-state index contributed by atoms with van der Waals surface area (Å²) in [5.74, 6) is 0. The molecule has 0 saturated carbocycles. The van der Waals surface area contributed by atoms with Crippen molar-refractivity contribution in [3.8, 4) is 0 Å². The van der Waals surface area contributed by atoms with Crippen molar-refractivity contribution in [2.75, 3.05) is 6.56 Å². The minimum atomic E-state index is -4.82. The lowest BCUT2D eigenvalue weighted by molar-refractivity contribution is 0.282. The van der Waals surface area contributed by atoms with Gasteiger partial charge in [-0.1, -0.05) is 64.2 Å². The van der Waals surface area contributed by atoms with Crippen LogP contribution >= 0.6 is 0 Å². The van der Waals surface area contributed by atoms with E-state index in [0.29, 0.717) is 0 Å². The average Bonchev–Trinajstić information content (AvgIpc) is 2.64. The summed E-state index contributed by atoms with van der Waals surface area (Å²) in [6.07, 6.45) is -46.3. The fourth-order valence-electron chi connectivity index (χ4n) is 0.278. The maximum absolute atomic E-state index is 9.37. The smallest absolute Gasteiger partial charge is 0.0564 e. The second-order valence-electron chi connectivity index (χ2n) is 1.36. The van der Waals surface area contributed by atoms with Gasteiger partial charge in [0.2, 0.25) is 0 Å². The highest BCUT2D eigenvalue weighted by Crippen LogP contribution is 2.09. The predicted octanol–water partition coefficient (Wildman–Crippen LogP) is 3.90. The fraction of sp³-hybridized carbons (Fsp3) is 1.00. The van der Waals surface area contributed by atoms with E-state index >= 15 is 0 Å². The number of hydrogen-bond acceptors (Lipinski definition) is 1. The van der Waals surface area contributed by atoms with Gasteiger partial charge in [-0.25, -0.2) is 0 Å². The molecule has 0 heterocycles. The second-order valence-corrected chi connectivity index (χ2v) is 1.36. The van der Waals surface area contributed by atoms with Crippen molar-refractivity contribution in [3.05, 3.63) is 0 Å². The number of hydrogen-bond donors (Lipinski definition) is 1. The molecular formula is C12H26O. The molecule has 0 spiro atoms. The zero-order valence-corrected chi connectivity index (χ0v) is 6.45. The van der Waals surface area contributed by atoms with E-state index in [1.807, 2.05) is 0 Å². The van der Waals surface area contributed by atoms with E-state index in [4.69, 9.17) is 34.3 Å². The van der Waals surface area contributed by atoms with Crippen LogP contribution in [0.25, 0.3) is 0 Å². The van der Waals surface area contributed by atoms with E-state index < -0.39 is 77.1 Å². The molecule has 0 amide bonds. The van der Waals surface area contributed by atoms with Crippen LogP contribution in [0.1, 0.15) is 105 Å². The van der Waals surface area contributed by atoms with Gasteiger partial charge in [0.05, 0.1) is 2.74 Å². The van der Waals surface area contributed by atoms with Crippen molar-refractivity contribution in [1.82, 2.24) is 0 Å². The quantitative estimate of drug-likeness (QED) is 0.581. The zero-order valence-electron chi connectivity index (χ0n) is 31.4. The molecule has 80 valence electrons. The Bertz CT molecular complexity index is 798. The average molecular weight is 211 g/mol. The lowest BCUT2D eigenvalue weighted by atomic mass is 10.1. The summed E-state index contributed by atoms with van der Waals surface area (Å²) in [6, 6.07) is 0. The Hall–Kier alpha value is -0.0400. The lowest BCUT2D eigenvalue weighted by Crippen LogP contribution is -1.84. The molecule has 0 rings (SSSR count). The third-order valence-corrected chi connectivity index (χ3v) is 0.618. The molecule has 0 fully saturated rings. The molecule has 1 nitrogen and oxygen atoms in total. The fourth-order valence-corrected chi connectivity index (χ4v) is 0.278. The Kier molecular flexibility index (Phi) is 1.25. The van der Waals surface area contributed by atoms with Gasteiger partial charge in [-0.15, -0.1) is 0 Å². The van der Waals surface area contributed by atoms with Crippen LogP contribution in [-0.4, -0.2) is 11.7 Å². The Morgan fingerprint density at radius 2 is 1.31 bits per heavy atom. The van der Waals surface area contributed by atoms with E-state index in [1.54, 1.807) is 0 Å². The summed E-state index contributed by atoms with van der Waals surface area (Å²) in [5, 5.41) is 9.37. The maximum atomic E-state index is 9.37. The molecule has 0 aliphatic rings. The van der Waals surface area contributed by atoms with Crippen LogP contribution < -0.4 is 0 Å². The topological polar surface area (TPSA) is 20.2 Å². The standard InChI is InChI=1S/C12H26O/c1-2-3-4-5-6-7-8-9-10-11-12-13/h13H,2-12H2,1H3/i1D3,2D2,3D2,4D2,5D2,6D2,7D2,8D2,9D2,10D2,11D2,12D2. The largest absolute Gasteiger partial charge is 0.396 e. The molecule has 0 aromatic rings. The lowest BCUT2D eigenvalue weighted by Gasteiger charge is -2.00. The summed E-state index contributed by atoms with van der Waals surface area (Å²) in [5.41, 5.74) is 0. The van der Waals surface area contributed by atoms with Crippen LogP contribution in [0.3, 0.4) is 0 Å². The van der Waals surface area contributed by atoms with Crippen molar-refractivity contribution in [2.24, 2.45) is 0 Å². The van der Waals surface area contributed by atoms with Gasteiger partial charge in [-0.3, -0.25) is 0 Å². The van der Waals surface area contributed by atoms with Crippen molar-refractivity contribution in [3.63, 3.8) is 0 Å². The Balaban J connectivity index is 7.29. The van der Waals surface area contributed by atoms with Gasteiger partial charge in [0, 0.05) is 38.1 Å². The van der Waals surface area contributed by atoms with E-state index in [-0.39, 0.29) is 0 Å². The Labute approximate surface area is 119 Å². The van der Waals surface area contributed by atoms with Crippen molar-refractivity contribution in [2.45, 2.75) is 70.6 Å². The van der Waals surface area contributed by atoms with E-state index in [9.17, 15) is 5.11 Å². The van der Waals surface area contributed by atoms with Crippen LogP contribution in [0.5, 0.6) is 0 Å². The predicted molar refractivity (Wildman–Crippen MR) is 58.9 cm³/mol. The monoisotopic (exact) mass is 211 g/mol. The molecule has 0 aromatic carbocycles. The van der Waals surface area contributed by atoms with Gasteiger partial charge in [0.15, 0.2) is 0 Å². The molecular weight excluding hydrogens is 160 g/mol. The van der Waals surface area contributed by atoms with Gasteiger partial charge in [0.1, 0.15) is 0 Å². The highest BCUT2D eigenvalue weighted by Gasteiger charge is 1.91. The summed E-state index contributed by atoms with van der Waals surface area (Å²) in [4.78, 5) is 0. The number of aliphatic hydroxyl groups is 1. The van der Waals surface area contributed by atoms with Gasteiger partial charge < -0.3 is 5.11 Å². The number of rotatable bonds is 10. The minimum absolute atomic E-state index is 4.00. The molecule has 13 heavy (non-hydrogen) atoms. The second kappa shape index (κ2) is 12.0. The van der Waals surface area contributed by atoms with E-state index in [0.717, 1.165) is 0 Å². The molecule has 0 aliphatic heterocycles. The molecule has 1 N–H and O–H groups in total. The van der Waals surface area contributed by atoms with E-state index in [2.05, 4.69) is 0 Å². The van der Waals surface area contributed by atoms with Crippen LogP contribution in [0.4, 0.5) is 0 Å². The SMILES string of the molecule is [2H]C([2H])([2H])C([2H])([2H])C([2H])([2H])C([2H])([2H])C([2H])([2H])C([2H])([2H])C([2H])([2H])C([2H])([2H])C([2H])([2H])C([2H])([2H])C([2H])([2H])C([2H])([2H])O. The Morgan fingerprint density at radius 1 is 0.846 bits per heavy atom. The molecule has 0 radical (unpaired) electrons. The summed E-state index contributed by atoms with van der Waals surface area (Å²) in [7, 11) is 0. The van der Waals surface area contributed by atoms with Crippen LogP contribution in [0.15, 0.2) is 0 Å².